The molecule has 0 fully saturated rings. The number of hydrogen-bond acceptors (Lipinski definition) is 3. The maximum absolute atomic E-state index is 13.0. The van der Waals surface area contributed by atoms with E-state index in [1.807, 2.05) is 62.4 Å². The van der Waals surface area contributed by atoms with E-state index in [0.717, 1.165) is 22.4 Å². The molecule has 1 N–H and O–H groups in total. The molecule has 27 heavy (non-hydrogen) atoms. The van der Waals surface area contributed by atoms with Crippen LogP contribution in [0.2, 0.25) is 0 Å². The van der Waals surface area contributed by atoms with Crippen LogP contribution in [0.15, 0.2) is 48.5 Å². The van der Waals surface area contributed by atoms with Crippen LogP contribution >= 0.6 is 0 Å². The second-order valence-electron chi connectivity index (χ2n) is 6.60. The Kier molecular flexibility index (Phi) is 7.41. The molecule has 0 bridgehead atoms. The summed E-state index contributed by atoms with van der Waals surface area (Å²) in [5.41, 5.74) is 3.04. The van der Waals surface area contributed by atoms with Crippen molar-refractivity contribution in [2.45, 2.75) is 39.8 Å². The number of benzene rings is 2. The summed E-state index contributed by atoms with van der Waals surface area (Å²) in [5.74, 6) is 0.532. The number of rotatable bonds is 8. The fraction of sp³-hybridized carbons (Fsp3) is 0.364. The highest BCUT2D eigenvalue weighted by atomic mass is 16.5. The molecule has 0 radical (unpaired) electrons. The highest BCUT2D eigenvalue weighted by Gasteiger charge is 2.25. The van der Waals surface area contributed by atoms with Gasteiger partial charge in [-0.05, 0) is 44.0 Å². The number of likely N-dealkylation sites (N-methyl/N-ethyl adjacent to an activating group) is 1. The van der Waals surface area contributed by atoms with Crippen LogP contribution in [0.1, 0.15) is 30.5 Å². The van der Waals surface area contributed by atoms with E-state index in [4.69, 9.17) is 4.74 Å². The topological polar surface area (TPSA) is 58.6 Å². The number of carbonyl (C=O) groups excluding carboxylic acids is 2. The van der Waals surface area contributed by atoms with Crippen LogP contribution < -0.4 is 10.1 Å². The Morgan fingerprint density at radius 1 is 1.04 bits per heavy atom. The van der Waals surface area contributed by atoms with E-state index >= 15 is 0 Å². The monoisotopic (exact) mass is 368 g/mol. The first-order valence-electron chi connectivity index (χ1n) is 9.20. The van der Waals surface area contributed by atoms with Crippen molar-refractivity contribution in [3.05, 3.63) is 65.2 Å². The van der Waals surface area contributed by atoms with Gasteiger partial charge in [0, 0.05) is 13.1 Å². The fourth-order valence-corrected chi connectivity index (χ4v) is 2.81. The molecule has 0 spiro atoms. The average molecular weight is 368 g/mol. The molecule has 144 valence electrons. The minimum Gasteiger partial charge on any atom is -0.497 e. The van der Waals surface area contributed by atoms with Crippen molar-refractivity contribution in [1.82, 2.24) is 10.2 Å². The third-order valence-electron chi connectivity index (χ3n) is 4.51. The first kappa shape index (κ1) is 20.5. The highest BCUT2D eigenvalue weighted by molar-refractivity contribution is 5.88. The summed E-state index contributed by atoms with van der Waals surface area (Å²) >= 11 is 0. The van der Waals surface area contributed by atoms with E-state index in [9.17, 15) is 9.59 Å². The van der Waals surface area contributed by atoms with Crippen molar-refractivity contribution in [3.8, 4) is 5.75 Å². The molecule has 0 heterocycles. The standard InChI is InChI=1S/C22H28N2O3/c1-5-23-22(26)17(3)24(15-19-10-12-20(27-4)13-11-19)21(25)14-18-8-6-16(2)7-9-18/h6-13,17H,5,14-15H2,1-4H3,(H,23,26)/t17-/m1/s1. The van der Waals surface area contributed by atoms with Crippen molar-refractivity contribution in [1.29, 1.82) is 0 Å². The van der Waals surface area contributed by atoms with Gasteiger partial charge in [-0.1, -0.05) is 42.0 Å². The van der Waals surface area contributed by atoms with Gasteiger partial charge in [0.05, 0.1) is 13.5 Å². The minimum atomic E-state index is -0.551. The lowest BCUT2D eigenvalue weighted by atomic mass is 10.1. The van der Waals surface area contributed by atoms with Crippen LogP contribution in [-0.4, -0.2) is 36.4 Å². The van der Waals surface area contributed by atoms with Gasteiger partial charge in [-0.3, -0.25) is 9.59 Å². The highest BCUT2D eigenvalue weighted by Crippen LogP contribution is 2.16. The molecule has 5 heteroatoms. The lowest BCUT2D eigenvalue weighted by Gasteiger charge is -2.29. The van der Waals surface area contributed by atoms with Gasteiger partial charge in [0.25, 0.3) is 0 Å². The fourth-order valence-electron chi connectivity index (χ4n) is 2.81. The van der Waals surface area contributed by atoms with Gasteiger partial charge in [-0.25, -0.2) is 0 Å². The summed E-state index contributed by atoms with van der Waals surface area (Å²) in [6, 6.07) is 14.9. The van der Waals surface area contributed by atoms with Crippen molar-refractivity contribution < 1.29 is 14.3 Å². The molecule has 0 aliphatic heterocycles. The quantitative estimate of drug-likeness (QED) is 0.779. The molecular formula is C22H28N2O3. The average Bonchev–Trinajstić information content (AvgIpc) is 2.68. The van der Waals surface area contributed by atoms with Crippen LogP contribution in [0.4, 0.5) is 0 Å². The summed E-state index contributed by atoms with van der Waals surface area (Å²) in [7, 11) is 1.61. The number of amides is 2. The summed E-state index contributed by atoms with van der Waals surface area (Å²) in [5, 5.41) is 2.80. The number of nitrogens with one attached hydrogen (secondary N) is 1. The van der Waals surface area contributed by atoms with Crippen LogP contribution in [0.25, 0.3) is 0 Å². The number of ether oxygens (including phenoxy) is 1. The summed E-state index contributed by atoms with van der Waals surface area (Å²) < 4.78 is 5.18. The number of aryl methyl sites for hydroxylation is 1. The van der Waals surface area contributed by atoms with Gasteiger partial charge in [-0.2, -0.15) is 0 Å². The van der Waals surface area contributed by atoms with Crippen molar-refractivity contribution in [2.24, 2.45) is 0 Å². The van der Waals surface area contributed by atoms with E-state index in [1.165, 1.54) is 0 Å². The number of carbonyl (C=O) groups is 2. The van der Waals surface area contributed by atoms with Crippen LogP contribution in [0.3, 0.4) is 0 Å². The van der Waals surface area contributed by atoms with Gasteiger partial charge in [0.2, 0.25) is 11.8 Å². The molecule has 2 aromatic rings. The second-order valence-corrected chi connectivity index (χ2v) is 6.60. The predicted molar refractivity (Wildman–Crippen MR) is 107 cm³/mol. The number of methoxy groups -OCH3 is 1. The van der Waals surface area contributed by atoms with Crippen LogP contribution in [0, 0.1) is 6.92 Å². The summed E-state index contributed by atoms with van der Waals surface area (Å²) in [4.78, 5) is 27.0. The Hall–Kier alpha value is -2.82. The molecule has 0 aliphatic carbocycles. The Morgan fingerprint density at radius 2 is 1.63 bits per heavy atom. The largest absolute Gasteiger partial charge is 0.497 e. The third-order valence-corrected chi connectivity index (χ3v) is 4.51. The molecule has 0 aliphatic rings. The Morgan fingerprint density at radius 3 is 2.19 bits per heavy atom. The van der Waals surface area contributed by atoms with Crippen LogP contribution in [-0.2, 0) is 22.6 Å². The molecule has 2 aromatic carbocycles. The zero-order chi connectivity index (χ0) is 19.8. The van der Waals surface area contributed by atoms with E-state index in [2.05, 4.69) is 5.32 Å². The summed E-state index contributed by atoms with van der Waals surface area (Å²) in [6.07, 6.45) is 0.264. The Bertz CT molecular complexity index is 754. The van der Waals surface area contributed by atoms with Crippen molar-refractivity contribution in [2.75, 3.05) is 13.7 Å². The smallest absolute Gasteiger partial charge is 0.242 e. The minimum absolute atomic E-state index is 0.0755. The lowest BCUT2D eigenvalue weighted by molar-refractivity contribution is -0.140. The SMILES string of the molecule is CCNC(=O)[C@@H](C)N(Cc1ccc(OC)cc1)C(=O)Cc1ccc(C)cc1. The van der Waals surface area contributed by atoms with E-state index < -0.39 is 6.04 Å². The lowest BCUT2D eigenvalue weighted by Crippen LogP contribution is -2.48. The zero-order valence-electron chi connectivity index (χ0n) is 16.5. The zero-order valence-corrected chi connectivity index (χ0v) is 16.5. The molecule has 0 saturated heterocycles. The molecule has 0 aromatic heterocycles. The number of hydrogen-bond donors (Lipinski definition) is 1. The molecular weight excluding hydrogens is 340 g/mol. The van der Waals surface area contributed by atoms with E-state index in [-0.39, 0.29) is 18.2 Å². The van der Waals surface area contributed by atoms with Gasteiger partial charge in [0.15, 0.2) is 0 Å². The molecule has 1 atom stereocenters. The van der Waals surface area contributed by atoms with Gasteiger partial charge < -0.3 is 15.0 Å². The van der Waals surface area contributed by atoms with Gasteiger partial charge in [-0.15, -0.1) is 0 Å². The predicted octanol–water partition coefficient (Wildman–Crippen LogP) is 3.10. The first-order chi connectivity index (χ1) is 12.9. The molecule has 2 amide bonds. The summed E-state index contributed by atoms with van der Waals surface area (Å²) in [6.45, 7) is 6.55. The third kappa shape index (κ3) is 5.84. The molecule has 0 saturated carbocycles. The maximum atomic E-state index is 13.0. The van der Waals surface area contributed by atoms with Crippen LogP contribution in [0.5, 0.6) is 5.75 Å². The van der Waals surface area contributed by atoms with Crippen molar-refractivity contribution in [3.63, 3.8) is 0 Å². The Labute approximate surface area is 161 Å². The van der Waals surface area contributed by atoms with Gasteiger partial charge >= 0.3 is 0 Å². The molecule has 0 unspecified atom stereocenters. The van der Waals surface area contributed by atoms with E-state index in [0.29, 0.717) is 13.1 Å². The number of nitrogens with zero attached hydrogens (tertiary/aromatic N) is 1. The normalized spacial score (nSPS) is 11.6. The van der Waals surface area contributed by atoms with Crippen molar-refractivity contribution >= 4 is 11.8 Å². The molecule has 2 rings (SSSR count). The maximum Gasteiger partial charge on any atom is 0.242 e. The second kappa shape index (κ2) is 9.76. The Balaban J connectivity index is 2.20. The van der Waals surface area contributed by atoms with E-state index in [1.54, 1.807) is 18.9 Å². The first-order valence-corrected chi connectivity index (χ1v) is 9.20. The molecule has 5 nitrogen and oxygen atoms in total. The van der Waals surface area contributed by atoms with Gasteiger partial charge in [0.1, 0.15) is 11.8 Å².